The van der Waals surface area contributed by atoms with Gasteiger partial charge >= 0.3 is 0 Å². The summed E-state index contributed by atoms with van der Waals surface area (Å²) in [6.45, 7) is 0.824. The lowest BCUT2D eigenvalue weighted by Gasteiger charge is -2.12. The Bertz CT molecular complexity index is 2320. The number of fused-ring (bicyclic) bond motifs is 6. The van der Waals surface area contributed by atoms with Crippen LogP contribution in [0.25, 0.3) is 55.5 Å². The van der Waals surface area contributed by atoms with E-state index in [1.54, 1.807) is 0 Å². The van der Waals surface area contributed by atoms with Crippen LogP contribution in [0.15, 0.2) is 133 Å². The highest BCUT2D eigenvalue weighted by atomic mass is 15.0. The number of rotatable bonds is 5. The molecule has 0 fully saturated rings. The molecule has 3 aromatic carbocycles. The fourth-order valence-electron chi connectivity index (χ4n) is 6.76. The number of benzene rings is 3. The molecule has 6 nitrogen and oxygen atoms in total. The van der Waals surface area contributed by atoms with Crippen LogP contribution >= 0.6 is 0 Å². The Hall–Kier alpha value is -5.88. The molecule has 214 valence electrons. The molecule has 1 aliphatic heterocycles. The molecule has 0 spiro atoms. The molecule has 0 aliphatic carbocycles. The predicted octanol–water partition coefficient (Wildman–Crippen LogP) is 8.15. The first-order valence-electron chi connectivity index (χ1n) is 15.3. The highest BCUT2D eigenvalue weighted by molar-refractivity contribution is 6.06. The summed E-state index contributed by atoms with van der Waals surface area (Å²) in [4.78, 5) is 18.3. The van der Waals surface area contributed by atoms with Crippen molar-refractivity contribution >= 4 is 39.2 Å². The minimum atomic E-state index is 0.824. The molecule has 0 N–H and O–H groups in total. The summed E-state index contributed by atoms with van der Waals surface area (Å²) in [5, 5.41) is 1.11. The first-order chi connectivity index (χ1) is 22.3. The second kappa shape index (κ2) is 10.4. The molecule has 6 heterocycles. The molecular formula is C39H28N6. The number of pyridine rings is 3. The number of aliphatic imine (C=N–C) groups is 1. The molecule has 9 rings (SSSR count). The normalized spacial score (nSPS) is 12.7. The largest absolute Gasteiger partial charge is 0.306 e. The molecule has 0 radical (unpaired) electrons. The maximum absolute atomic E-state index is 4.69. The Morgan fingerprint density at radius 1 is 0.578 bits per heavy atom. The van der Waals surface area contributed by atoms with Gasteiger partial charge in [0.25, 0.3) is 0 Å². The van der Waals surface area contributed by atoms with Gasteiger partial charge in [-0.1, -0.05) is 48.5 Å². The smallest absolute Gasteiger partial charge is 0.0964 e. The fraction of sp³-hybridized carbons (Fsp3) is 0.0769. The third kappa shape index (κ3) is 4.25. The first-order valence-corrected chi connectivity index (χ1v) is 15.3. The van der Waals surface area contributed by atoms with E-state index in [0.717, 1.165) is 69.4 Å². The Kier molecular flexibility index (Phi) is 5.91. The first kappa shape index (κ1) is 25.6. The van der Waals surface area contributed by atoms with Crippen molar-refractivity contribution in [2.45, 2.75) is 12.8 Å². The van der Waals surface area contributed by atoms with Crippen molar-refractivity contribution in [3.63, 3.8) is 0 Å². The van der Waals surface area contributed by atoms with Crippen molar-refractivity contribution in [3.8, 4) is 22.5 Å². The monoisotopic (exact) mass is 580 g/mol. The zero-order valence-corrected chi connectivity index (χ0v) is 24.5. The highest BCUT2D eigenvalue weighted by Gasteiger charge is 2.20. The van der Waals surface area contributed by atoms with E-state index >= 15 is 0 Å². The Morgan fingerprint density at radius 3 is 1.96 bits per heavy atom. The van der Waals surface area contributed by atoms with Gasteiger partial charge < -0.3 is 9.13 Å². The van der Waals surface area contributed by atoms with Gasteiger partial charge in [-0.3, -0.25) is 19.9 Å². The predicted molar refractivity (Wildman–Crippen MR) is 182 cm³/mol. The fourth-order valence-corrected chi connectivity index (χ4v) is 6.76. The van der Waals surface area contributed by atoms with Crippen LogP contribution in [0.2, 0.25) is 0 Å². The lowest BCUT2D eigenvalue weighted by molar-refractivity contribution is 0.938. The van der Waals surface area contributed by atoms with E-state index in [0.29, 0.717) is 0 Å². The summed E-state index contributed by atoms with van der Waals surface area (Å²) in [6, 6.07) is 36.8. The Morgan fingerprint density at radius 2 is 1.20 bits per heavy atom. The molecule has 45 heavy (non-hydrogen) atoms. The maximum atomic E-state index is 4.69. The van der Waals surface area contributed by atoms with E-state index in [1.807, 2.05) is 49.2 Å². The summed E-state index contributed by atoms with van der Waals surface area (Å²) in [6.07, 6.45) is 11.3. The molecule has 0 saturated heterocycles. The van der Waals surface area contributed by atoms with E-state index in [1.165, 1.54) is 27.8 Å². The van der Waals surface area contributed by atoms with Gasteiger partial charge in [-0.15, -0.1) is 0 Å². The van der Waals surface area contributed by atoms with E-state index < -0.39 is 0 Å². The third-order valence-electron chi connectivity index (χ3n) is 8.91. The molecule has 6 heteroatoms. The average Bonchev–Trinajstić information content (AvgIpc) is 3.62. The van der Waals surface area contributed by atoms with E-state index in [4.69, 9.17) is 4.98 Å². The summed E-state index contributed by atoms with van der Waals surface area (Å²) < 4.78 is 4.53. The van der Waals surface area contributed by atoms with Gasteiger partial charge in [0.15, 0.2) is 0 Å². The molecule has 0 unspecified atom stereocenters. The second-order valence-electron chi connectivity index (χ2n) is 11.5. The molecule has 0 saturated carbocycles. The van der Waals surface area contributed by atoms with Crippen LogP contribution in [0.1, 0.15) is 22.4 Å². The van der Waals surface area contributed by atoms with Gasteiger partial charge in [0.05, 0.1) is 39.5 Å². The van der Waals surface area contributed by atoms with Crippen molar-refractivity contribution in [2.75, 3.05) is 6.54 Å². The van der Waals surface area contributed by atoms with Gasteiger partial charge in [-0.25, -0.2) is 0 Å². The standard InChI is InChI=1S/C39H28N6/c1-3-34-38(42-19-1)32-17-21-40-24-36(32)44(34)30-13-7-27(8-14-30)23-26-5-9-28(10-6-26)29-11-15-31(16-12-29)45-35-4-2-20-43-39(35)33-18-22-41-25-37(33)45/h1-16,18-20,22,24-25H,17,21,23H2. The minimum absolute atomic E-state index is 0.824. The lowest BCUT2D eigenvalue weighted by Crippen LogP contribution is -2.06. The molecule has 1 aliphatic rings. The Labute approximate surface area is 260 Å². The molecular weight excluding hydrogens is 552 g/mol. The highest BCUT2D eigenvalue weighted by Crippen LogP contribution is 2.32. The van der Waals surface area contributed by atoms with E-state index in [9.17, 15) is 0 Å². The van der Waals surface area contributed by atoms with Gasteiger partial charge in [-0.2, -0.15) is 0 Å². The number of aromatic nitrogens is 5. The molecule has 5 aromatic heterocycles. The van der Waals surface area contributed by atoms with Crippen molar-refractivity contribution in [3.05, 3.63) is 150 Å². The number of hydrogen-bond donors (Lipinski definition) is 0. The van der Waals surface area contributed by atoms with Crippen molar-refractivity contribution < 1.29 is 0 Å². The van der Waals surface area contributed by atoms with Gasteiger partial charge in [0, 0.05) is 53.7 Å². The van der Waals surface area contributed by atoms with Crippen molar-refractivity contribution in [1.82, 2.24) is 24.1 Å². The third-order valence-corrected chi connectivity index (χ3v) is 8.91. The maximum Gasteiger partial charge on any atom is 0.0964 e. The van der Waals surface area contributed by atoms with Gasteiger partial charge in [-0.05, 0) is 89.7 Å². The zero-order chi connectivity index (χ0) is 29.7. The van der Waals surface area contributed by atoms with Crippen LogP contribution in [0.5, 0.6) is 0 Å². The molecule has 0 bridgehead atoms. The van der Waals surface area contributed by atoms with Crippen LogP contribution in [0, 0.1) is 0 Å². The lowest BCUT2D eigenvalue weighted by atomic mass is 10.00. The minimum Gasteiger partial charge on any atom is -0.306 e. The summed E-state index contributed by atoms with van der Waals surface area (Å²) in [5.41, 5.74) is 15.0. The van der Waals surface area contributed by atoms with Crippen LogP contribution in [0.4, 0.5) is 0 Å². The van der Waals surface area contributed by atoms with Crippen LogP contribution in [0.3, 0.4) is 0 Å². The number of nitrogens with zero attached hydrogens (tertiary/aromatic N) is 6. The average molecular weight is 581 g/mol. The summed E-state index contributed by atoms with van der Waals surface area (Å²) >= 11 is 0. The zero-order valence-electron chi connectivity index (χ0n) is 24.5. The van der Waals surface area contributed by atoms with Crippen LogP contribution < -0.4 is 0 Å². The van der Waals surface area contributed by atoms with Crippen molar-refractivity contribution in [2.24, 2.45) is 4.99 Å². The Balaban J connectivity index is 0.960. The van der Waals surface area contributed by atoms with E-state index in [2.05, 4.69) is 109 Å². The molecule has 0 amide bonds. The number of hydrogen-bond acceptors (Lipinski definition) is 4. The van der Waals surface area contributed by atoms with E-state index in [-0.39, 0.29) is 0 Å². The SMILES string of the molecule is C1=NCCc2c1n(-c1ccc(Cc3ccc(-c4ccc(-n5c6cnccc6c6ncccc65)cc4)cc3)cc1)c1cccnc21. The molecule has 0 atom stereocenters. The van der Waals surface area contributed by atoms with Gasteiger partial charge in [0.1, 0.15) is 0 Å². The molecule has 8 aromatic rings. The van der Waals surface area contributed by atoms with Crippen molar-refractivity contribution in [1.29, 1.82) is 0 Å². The summed E-state index contributed by atoms with van der Waals surface area (Å²) in [5.74, 6) is 0. The summed E-state index contributed by atoms with van der Waals surface area (Å²) in [7, 11) is 0. The van der Waals surface area contributed by atoms with Gasteiger partial charge in [0.2, 0.25) is 0 Å². The van der Waals surface area contributed by atoms with Crippen LogP contribution in [-0.2, 0) is 12.8 Å². The second-order valence-corrected chi connectivity index (χ2v) is 11.5. The quantitative estimate of drug-likeness (QED) is 0.206. The topological polar surface area (TPSA) is 60.9 Å². The van der Waals surface area contributed by atoms with Crippen LogP contribution in [-0.4, -0.2) is 36.8 Å².